The predicted molar refractivity (Wildman–Crippen MR) is 71.2 cm³/mol. The molecule has 0 aliphatic carbocycles. The van der Waals surface area contributed by atoms with Crippen molar-refractivity contribution in [3.8, 4) is 0 Å². The second-order valence-electron chi connectivity index (χ2n) is 5.26. The Labute approximate surface area is 108 Å². The van der Waals surface area contributed by atoms with Gasteiger partial charge in [0.05, 0.1) is 0 Å². The standard InChI is InChI=1S/C14H19ClN2/c15-13-3-1-2-11(8-13)9-16-14-10-17-6-4-12(14)5-7-17/h1-3,8,12,14,16H,4-7,9-10H2/t14-/m0/s1. The van der Waals surface area contributed by atoms with E-state index in [9.17, 15) is 0 Å². The van der Waals surface area contributed by atoms with Gasteiger partial charge in [0, 0.05) is 24.2 Å². The zero-order valence-corrected chi connectivity index (χ0v) is 10.8. The van der Waals surface area contributed by atoms with Crippen molar-refractivity contribution in [3.05, 3.63) is 34.9 Å². The van der Waals surface area contributed by atoms with Crippen LogP contribution in [0, 0.1) is 5.92 Å². The van der Waals surface area contributed by atoms with E-state index in [-0.39, 0.29) is 0 Å². The average molecular weight is 251 g/mol. The third-order valence-corrected chi connectivity index (χ3v) is 4.35. The van der Waals surface area contributed by atoms with Gasteiger partial charge in [0.2, 0.25) is 0 Å². The van der Waals surface area contributed by atoms with E-state index in [0.717, 1.165) is 17.5 Å². The summed E-state index contributed by atoms with van der Waals surface area (Å²) in [4.78, 5) is 2.58. The van der Waals surface area contributed by atoms with Gasteiger partial charge in [-0.15, -0.1) is 0 Å². The van der Waals surface area contributed by atoms with Crippen LogP contribution < -0.4 is 5.32 Å². The van der Waals surface area contributed by atoms with Crippen molar-refractivity contribution in [2.75, 3.05) is 19.6 Å². The summed E-state index contributed by atoms with van der Waals surface area (Å²) in [5.41, 5.74) is 1.29. The average Bonchev–Trinajstić information content (AvgIpc) is 2.38. The molecule has 1 atom stereocenters. The molecule has 2 nitrogen and oxygen atoms in total. The number of piperidine rings is 3. The van der Waals surface area contributed by atoms with Crippen LogP contribution in [0.5, 0.6) is 0 Å². The maximum atomic E-state index is 5.99. The lowest BCUT2D eigenvalue weighted by molar-refractivity contribution is 0.0720. The first-order valence-electron chi connectivity index (χ1n) is 6.51. The van der Waals surface area contributed by atoms with Crippen LogP contribution in [-0.4, -0.2) is 30.6 Å². The van der Waals surface area contributed by atoms with E-state index in [0.29, 0.717) is 6.04 Å². The van der Waals surface area contributed by atoms with Crippen LogP contribution in [0.15, 0.2) is 24.3 Å². The van der Waals surface area contributed by atoms with Gasteiger partial charge in [-0.2, -0.15) is 0 Å². The van der Waals surface area contributed by atoms with E-state index < -0.39 is 0 Å². The van der Waals surface area contributed by atoms with Crippen molar-refractivity contribution in [2.24, 2.45) is 5.92 Å². The molecule has 3 heterocycles. The highest BCUT2D eigenvalue weighted by Gasteiger charge is 2.33. The molecule has 4 rings (SSSR count). The lowest BCUT2D eigenvalue weighted by Gasteiger charge is -2.45. The van der Waals surface area contributed by atoms with Gasteiger partial charge in [-0.25, -0.2) is 0 Å². The van der Waals surface area contributed by atoms with Gasteiger partial charge >= 0.3 is 0 Å². The Kier molecular flexibility index (Phi) is 3.37. The Bertz CT molecular complexity index is 386. The first kappa shape index (κ1) is 11.5. The molecule has 3 saturated heterocycles. The third-order valence-electron chi connectivity index (χ3n) is 4.11. The molecule has 0 aromatic heterocycles. The topological polar surface area (TPSA) is 15.3 Å². The van der Waals surface area contributed by atoms with Crippen molar-refractivity contribution in [3.63, 3.8) is 0 Å². The molecule has 3 fully saturated rings. The van der Waals surface area contributed by atoms with E-state index in [1.807, 2.05) is 12.1 Å². The number of nitrogens with zero attached hydrogens (tertiary/aromatic N) is 1. The molecule has 0 saturated carbocycles. The summed E-state index contributed by atoms with van der Waals surface area (Å²) in [6, 6.07) is 8.82. The molecule has 2 bridgehead atoms. The van der Waals surface area contributed by atoms with Crippen LogP contribution in [-0.2, 0) is 6.54 Å². The Morgan fingerprint density at radius 1 is 1.29 bits per heavy atom. The summed E-state index contributed by atoms with van der Waals surface area (Å²) in [5.74, 6) is 0.888. The summed E-state index contributed by atoms with van der Waals surface area (Å²) < 4.78 is 0. The van der Waals surface area contributed by atoms with Gasteiger partial charge in [0.1, 0.15) is 0 Å². The van der Waals surface area contributed by atoms with Crippen molar-refractivity contribution < 1.29 is 0 Å². The number of fused-ring (bicyclic) bond motifs is 3. The Morgan fingerprint density at radius 2 is 2.12 bits per heavy atom. The highest BCUT2D eigenvalue weighted by Crippen LogP contribution is 2.27. The summed E-state index contributed by atoms with van der Waals surface area (Å²) in [6.45, 7) is 4.78. The number of hydrogen-bond donors (Lipinski definition) is 1. The molecule has 3 aliphatic rings. The number of hydrogen-bond acceptors (Lipinski definition) is 2. The zero-order chi connectivity index (χ0) is 11.7. The summed E-state index contributed by atoms with van der Waals surface area (Å²) in [5, 5.41) is 4.53. The lowest BCUT2D eigenvalue weighted by Crippen LogP contribution is -2.55. The minimum Gasteiger partial charge on any atom is -0.308 e. The molecule has 3 aliphatic heterocycles. The summed E-state index contributed by atoms with van der Waals surface area (Å²) >= 11 is 5.99. The maximum Gasteiger partial charge on any atom is 0.0409 e. The van der Waals surface area contributed by atoms with Gasteiger partial charge in [-0.05, 0) is 49.5 Å². The fraction of sp³-hybridized carbons (Fsp3) is 0.571. The Hall–Kier alpha value is -0.570. The highest BCUT2D eigenvalue weighted by molar-refractivity contribution is 6.30. The first-order chi connectivity index (χ1) is 8.31. The highest BCUT2D eigenvalue weighted by atomic mass is 35.5. The fourth-order valence-electron chi connectivity index (χ4n) is 3.09. The van der Waals surface area contributed by atoms with Crippen LogP contribution >= 0.6 is 11.6 Å². The molecule has 17 heavy (non-hydrogen) atoms. The maximum absolute atomic E-state index is 5.99. The number of nitrogens with one attached hydrogen (secondary N) is 1. The molecule has 1 N–H and O–H groups in total. The Balaban J connectivity index is 1.57. The van der Waals surface area contributed by atoms with Crippen molar-refractivity contribution in [2.45, 2.75) is 25.4 Å². The molecule has 1 aromatic rings. The van der Waals surface area contributed by atoms with Crippen LogP contribution in [0.2, 0.25) is 5.02 Å². The van der Waals surface area contributed by atoms with Gasteiger partial charge < -0.3 is 10.2 Å². The molecular weight excluding hydrogens is 232 g/mol. The molecule has 0 spiro atoms. The van der Waals surface area contributed by atoms with E-state index in [4.69, 9.17) is 11.6 Å². The smallest absolute Gasteiger partial charge is 0.0409 e. The van der Waals surface area contributed by atoms with Crippen molar-refractivity contribution in [1.82, 2.24) is 10.2 Å². The molecule has 3 heteroatoms. The molecule has 0 amide bonds. The lowest BCUT2D eigenvalue weighted by atomic mass is 9.84. The number of rotatable bonds is 3. The zero-order valence-electron chi connectivity index (χ0n) is 10.0. The van der Waals surface area contributed by atoms with Crippen LogP contribution in [0.3, 0.4) is 0 Å². The minimum absolute atomic E-state index is 0.677. The third kappa shape index (κ3) is 2.65. The quantitative estimate of drug-likeness (QED) is 0.887. The summed E-state index contributed by atoms with van der Waals surface area (Å²) in [6.07, 6.45) is 2.74. The molecule has 0 radical (unpaired) electrons. The van der Waals surface area contributed by atoms with Gasteiger partial charge in [0.15, 0.2) is 0 Å². The van der Waals surface area contributed by atoms with Crippen LogP contribution in [0.25, 0.3) is 0 Å². The van der Waals surface area contributed by atoms with Gasteiger partial charge in [-0.1, -0.05) is 23.7 Å². The summed E-state index contributed by atoms with van der Waals surface area (Å²) in [7, 11) is 0. The van der Waals surface area contributed by atoms with Gasteiger partial charge in [-0.3, -0.25) is 0 Å². The van der Waals surface area contributed by atoms with Crippen LogP contribution in [0.1, 0.15) is 18.4 Å². The normalized spacial score (nSPS) is 31.7. The minimum atomic E-state index is 0.677. The second-order valence-corrected chi connectivity index (χ2v) is 5.69. The van der Waals surface area contributed by atoms with E-state index >= 15 is 0 Å². The van der Waals surface area contributed by atoms with E-state index in [2.05, 4.69) is 22.3 Å². The first-order valence-corrected chi connectivity index (χ1v) is 6.89. The van der Waals surface area contributed by atoms with Crippen molar-refractivity contribution in [1.29, 1.82) is 0 Å². The predicted octanol–water partition coefficient (Wildman–Crippen LogP) is 2.52. The second kappa shape index (κ2) is 4.97. The van der Waals surface area contributed by atoms with E-state index in [1.165, 1.54) is 38.0 Å². The molecule has 0 unspecified atom stereocenters. The SMILES string of the molecule is Clc1cccc(CN[C@H]2CN3CCC2CC3)c1. The molecular formula is C14H19ClN2. The largest absolute Gasteiger partial charge is 0.308 e. The molecule has 92 valence electrons. The monoisotopic (exact) mass is 250 g/mol. The Morgan fingerprint density at radius 3 is 2.76 bits per heavy atom. The molecule has 1 aromatic carbocycles. The van der Waals surface area contributed by atoms with Gasteiger partial charge in [0.25, 0.3) is 0 Å². The number of benzene rings is 1. The van der Waals surface area contributed by atoms with E-state index in [1.54, 1.807) is 0 Å². The number of halogens is 1. The van der Waals surface area contributed by atoms with Crippen LogP contribution in [0.4, 0.5) is 0 Å². The fourth-order valence-corrected chi connectivity index (χ4v) is 3.31. The van der Waals surface area contributed by atoms with Crippen molar-refractivity contribution >= 4 is 11.6 Å².